The lowest BCUT2D eigenvalue weighted by Gasteiger charge is -2.25. The van der Waals surface area contributed by atoms with Crippen molar-refractivity contribution in [2.24, 2.45) is 0 Å². The highest BCUT2D eigenvalue weighted by Crippen LogP contribution is 2.36. The molecule has 4 heteroatoms. The van der Waals surface area contributed by atoms with Gasteiger partial charge in [-0.3, -0.25) is 4.90 Å². The van der Waals surface area contributed by atoms with E-state index in [2.05, 4.69) is 17.0 Å². The van der Waals surface area contributed by atoms with Crippen molar-refractivity contribution < 1.29 is 14.6 Å². The van der Waals surface area contributed by atoms with Crippen LogP contribution in [0.5, 0.6) is 11.5 Å². The van der Waals surface area contributed by atoms with Crippen molar-refractivity contribution in [2.45, 2.75) is 38.1 Å². The number of aliphatic hydroxyl groups is 1. The van der Waals surface area contributed by atoms with Gasteiger partial charge in [0.15, 0.2) is 11.5 Å². The molecule has 4 nitrogen and oxygen atoms in total. The fourth-order valence-corrected chi connectivity index (χ4v) is 3.13. The third-order valence-electron chi connectivity index (χ3n) is 4.26. The second-order valence-corrected chi connectivity index (χ2v) is 5.59. The molecule has 0 amide bonds. The highest BCUT2D eigenvalue weighted by Gasteiger charge is 2.26. The Morgan fingerprint density at radius 2 is 1.95 bits per heavy atom. The van der Waals surface area contributed by atoms with E-state index in [4.69, 9.17) is 14.6 Å². The summed E-state index contributed by atoms with van der Waals surface area (Å²) < 4.78 is 10.7. The highest BCUT2D eigenvalue weighted by molar-refractivity contribution is 5.44. The average Bonchev–Trinajstić information content (AvgIpc) is 2.99. The Labute approximate surface area is 127 Å². The lowest BCUT2D eigenvalue weighted by atomic mass is 10.0. The summed E-state index contributed by atoms with van der Waals surface area (Å²) in [5.41, 5.74) is 1.31. The smallest absolute Gasteiger partial charge is 0.161 e. The number of nitrogens with zero attached hydrogens (tertiary/aromatic N) is 1. The van der Waals surface area contributed by atoms with Gasteiger partial charge in [-0.2, -0.15) is 0 Å². The number of likely N-dealkylation sites (tertiary alicyclic amines) is 1. The van der Waals surface area contributed by atoms with Gasteiger partial charge in [0.25, 0.3) is 0 Å². The molecule has 0 radical (unpaired) electrons. The fraction of sp³-hybridized carbons (Fsp3) is 0.647. The molecule has 0 aliphatic carbocycles. The summed E-state index contributed by atoms with van der Waals surface area (Å²) in [5, 5.41) is 8.86. The van der Waals surface area contributed by atoms with Gasteiger partial charge in [-0.1, -0.05) is 6.07 Å². The molecule has 1 heterocycles. The fourth-order valence-electron chi connectivity index (χ4n) is 3.13. The molecule has 0 aromatic heterocycles. The molecule has 1 aliphatic heterocycles. The topological polar surface area (TPSA) is 41.9 Å². The second kappa shape index (κ2) is 8.25. The van der Waals surface area contributed by atoms with E-state index < -0.39 is 0 Å². The van der Waals surface area contributed by atoms with Gasteiger partial charge in [0.05, 0.1) is 14.2 Å². The molecule has 0 bridgehead atoms. The lowest BCUT2D eigenvalue weighted by molar-refractivity contribution is 0.240. The maximum Gasteiger partial charge on any atom is 0.161 e. The number of ether oxygens (including phenoxy) is 2. The van der Waals surface area contributed by atoms with Crippen LogP contribution in [0.1, 0.15) is 43.7 Å². The Bertz CT molecular complexity index is 436. The van der Waals surface area contributed by atoms with E-state index in [-0.39, 0.29) is 0 Å². The molecule has 0 saturated carbocycles. The molecule has 1 atom stereocenters. The Balaban J connectivity index is 2.02. The maximum absolute atomic E-state index is 8.86. The molecule has 1 fully saturated rings. The average molecular weight is 293 g/mol. The van der Waals surface area contributed by atoms with Gasteiger partial charge in [-0.15, -0.1) is 0 Å². The third-order valence-corrected chi connectivity index (χ3v) is 4.26. The summed E-state index contributed by atoms with van der Waals surface area (Å²) in [5.74, 6) is 1.59. The first-order valence-electron chi connectivity index (χ1n) is 7.87. The zero-order valence-corrected chi connectivity index (χ0v) is 13.2. The minimum Gasteiger partial charge on any atom is -0.493 e. The number of hydrogen-bond acceptors (Lipinski definition) is 4. The number of aliphatic hydroxyl groups excluding tert-OH is 1. The summed E-state index contributed by atoms with van der Waals surface area (Å²) in [4.78, 5) is 2.55. The minimum atomic E-state index is 0.305. The van der Waals surface area contributed by atoms with E-state index >= 15 is 0 Å². The van der Waals surface area contributed by atoms with Gasteiger partial charge in [-0.25, -0.2) is 0 Å². The van der Waals surface area contributed by atoms with Crippen LogP contribution in [0.3, 0.4) is 0 Å². The monoisotopic (exact) mass is 293 g/mol. The molecular weight excluding hydrogens is 266 g/mol. The predicted molar refractivity (Wildman–Crippen MR) is 84.0 cm³/mol. The maximum atomic E-state index is 8.86. The van der Waals surface area contributed by atoms with Gasteiger partial charge >= 0.3 is 0 Å². The van der Waals surface area contributed by atoms with Crippen molar-refractivity contribution >= 4 is 0 Å². The lowest BCUT2D eigenvalue weighted by Crippen LogP contribution is -2.24. The van der Waals surface area contributed by atoms with Crippen molar-refractivity contribution in [1.29, 1.82) is 0 Å². The van der Waals surface area contributed by atoms with Crippen LogP contribution in [0.25, 0.3) is 0 Å². The number of methoxy groups -OCH3 is 2. The number of benzene rings is 1. The SMILES string of the molecule is COc1ccc(C2CCCN2CCCCCO)cc1OC. The van der Waals surface area contributed by atoms with E-state index in [1.54, 1.807) is 14.2 Å². The normalized spacial score (nSPS) is 18.9. The first-order valence-corrected chi connectivity index (χ1v) is 7.87. The van der Waals surface area contributed by atoms with Crippen molar-refractivity contribution in [3.8, 4) is 11.5 Å². The summed E-state index contributed by atoms with van der Waals surface area (Å²) in [6.45, 7) is 2.58. The van der Waals surface area contributed by atoms with E-state index in [9.17, 15) is 0 Å². The first-order chi connectivity index (χ1) is 10.3. The molecule has 1 aromatic rings. The van der Waals surface area contributed by atoms with Gasteiger partial charge < -0.3 is 14.6 Å². The molecule has 21 heavy (non-hydrogen) atoms. The van der Waals surface area contributed by atoms with E-state index in [1.165, 1.54) is 18.4 Å². The number of hydrogen-bond donors (Lipinski definition) is 1. The summed E-state index contributed by atoms with van der Waals surface area (Å²) in [6, 6.07) is 6.74. The molecule has 0 spiro atoms. The van der Waals surface area contributed by atoms with Gasteiger partial charge in [0.1, 0.15) is 0 Å². The summed E-state index contributed by atoms with van der Waals surface area (Å²) in [6.07, 6.45) is 5.62. The van der Waals surface area contributed by atoms with Gasteiger partial charge in [-0.05, 0) is 62.9 Å². The molecule has 1 N–H and O–H groups in total. The van der Waals surface area contributed by atoms with Gasteiger partial charge in [0, 0.05) is 12.6 Å². The van der Waals surface area contributed by atoms with Crippen LogP contribution in [0.2, 0.25) is 0 Å². The van der Waals surface area contributed by atoms with Crippen molar-refractivity contribution in [3.63, 3.8) is 0 Å². The zero-order chi connectivity index (χ0) is 15.1. The largest absolute Gasteiger partial charge is 0.493 e. The molecule has 118 valence electrons. The molecular formula is C17H27NO3. The van der Waals surface area contributed by atoms with Crippen LogP contribution < -0.4 is 9.47 Å². The van der Waals surface area contributed by atoms with E-state index in [1.807, 2.05) is 6.07 Å². The molecule has 1 unspecified atom stereocenters. The van der Waals surface area contributed by atoms with Crippen LogP contribution in [-0.2, 0) is 0 Å². The highest BCUT2D eigenvalue weighted by atomic mass is 16.5. The third kappa shape index (κ3) is 4.11. The zero-order valence-electron chi connectivity index (χ0n) is 13.2. The van der Waals surface area contributed by atoms with Crippen molar-refractivity contribution in [3.05, 3.63) is 23.8 Å². The van der Waals surface area contributed by atoms with Crippen LogP contribution in [0.4, 0.5) is 0 Å². The second-order valence-electron chi connectivity index (χ2n) is 5.59. The van der Waals surface area contributed by atoms with E-state index in [0.29, 0.717) is 12.6 Å². The molecule has 1 aromatic carbocycles. The van der Waals surface area contributed by atoms with Gasteiger partial charge in [0.2, 0.25) is 0 Å². The quantitative estimate of drug-likeness (QED) is 0.748. The van der Waals surface area contributed by atoms with Crippen LogP contribution >= 0.6 is 0 Å². The summed E-state index contributed by atoms with van der Waals surface area (Å²) >= 11 is 0. The van der Waals surface area contributed by atoms with E-state index in [0.717, 1.165) is 43.9 Å². The Morgan fingerprint density at radius 1 is 1.14 bits per heavy atom. The predicted octanol–water partition coefficient (Wildman–Crippen LogP) is 3.00. The Hall–Kier alpha value is -1.26. The standard InChI is InChI=1S/C17H27NO3/c1-20-16-9-8-14(13-17(16)21-2)15-7-6-11-18(15)10-4-3-5-12-19/h8-9,13,15,19H,3-7,10-12H2,1-2H3. The minimum absolute atomic E-state index is 0.305. The summed E-state index contributed by atoms with van der Waals surface area (Å²) in [7, 11) is 3.35. The van der Waals surface area contributed by atoms with Crippen LogP contribution in [0.15, 0.2) is 18.2 Å². The molecule has 1 saturated heterocycles. The Kier molecular flexibility index (Phi) is 6.33. The van der Waals surface area contributed by atoms with Crippen molar-refractivity contribution in [2.75, 3.05) is 33.9 Å². The number of unbranched alkanes of at least 4 members (excludes halogenated alkanes) is 2. The van der Waals surface area contributed by atoms with Crippen LogP contribution in [-0.4, -0.2) is 43.9 Å². The first kappa shape index (κ1) is 16.1. The van der Waals surface area contributed by atoms with Crippen LogP contribution in [0, 0.1) is 0 Å². The molecule has 2 rings (SSSR count). The Morgan fingerprint density at radius 3 is 2.67 bits per heavy atom. The van der Waals surface area contributed by atoms with Crippen molar-refractivity contribution in [1.82, 2.24) is 4.90 Å². The number of rotatable bonds is 8. The molecule has 1 aliphatic rings.